The van der Waals surface area contributed by atoms with Crippen molar-refractivity contribution in [3.05, 3.63) is 18.4 Å². The molecule has 14 heteroatoms. The molecule has 1 saturated heterocycles. The quantitative estimate of drug-likeness (QED) is 0.190. The van der Waals surface area contributed by atoms with Gasteiger partial charge in [0.1, 0.15) is 0 Å². The fourth-order valence-electron chi connectivity index (χ4n) is 2.84. The van der Waals surface area contributed by atoms with E-state index in [1.54, 1.807) is 12.8 Å². The summed E-state index contributed by atoms with van der Waals surface area (Å²) in [5.74, 6) is 1.12. The lowest BCUT2D eigenvalue weighted by Gasteiger charge is -2.42. The van der Waals surface area contributed by atoms with E-state index in [9.17, 15) is 13.2 Å². The first kappa shape index (κ1) is 31.4. The topological polar surface area (TPSA) is 120 Å². The van der Waals surface area contributed by atoms with Crippen LogP contribution in [0.25, 0.3) is 0 Å². The minimum atomic E-state index is -6.09. The molecule has 1 aliphatic heterocycles. The minimum Gasteiger partial charge on any atom is -0.741 e. The van der Waals surface area contributed by atoms with Gasteiger partial charge in [-0.05, 0) is 37.9 Å². The highest BCUT2D eigenvalue weighted by atomic mass is 32.2. The first-order valence-corrected chi connectivity index (χ1v) is 15.4. The Bertz CT molecular complexity index is 928. The van der Waals surface area contributed by atoms with E-state index in [4.69, 9.17) is 31.6 Å². The molecular formula is C21H35F3N2O7SSi. The van der Waals surface area contributed by atoms with Crippen molar-refractivity contribution >= 4 is 18.4 Å². The highest BCUT2D eigenvalue weighted by molar-refractivity contribution is 7.86. The number of halogens is 3. The summed E-state index contributed by atoms with van der Waals surface area (Å²) in [6, 6.07) is 0.317. The van der Waals surface area contributed by atoms with E-state index < -0.39 is 23.9 Å². The molecule has 0 amide bonds. The number of hydrogen-bond acceptors (Lipinski definition) is 9. The van der Waals surface area contributed by atoms with E-state index in [0.717, 1.165) is 5.56 Å². The van der Waals surface area contributed by atoms with Gasteiger partial charge >= 0.3 is 11.5 Å². The Hall–Kier alpha value is -1.61. The SMILES string of the molecule is CCOc1nc(O[C@@H]2C[CH+]O[C@@H]2CO[Si](C)(C)C(C)(C)C(C)C)ncc1C.O=S(=O)([O-])C(F)(F)F. The van der Waals surface area contributed by atoms with Crippen LogP contribution in [0.5, 0.6) is 11.9 Å². The summed E-state index contributed by atoms with van der Waals surface area (Å²) in [6.45, 7) is 20.4. The fourth-order valence-corrected chi connectivity index (χ4v) is 5.19. The summed E-state index contributed by atoms with van der Waals surface area (Å²) in [7, 11) is -8.00. The first-order valence-electron chi connectivity index (χ1n) is 11.1. The molecular weight excluding hydrogens is 509 g/mol. The molecule has 0 aromatic carbocycles. The lowest BCUT2D eigenvalue weighted by Crippen LogP contribution is -2.47. The van der Waals surface area contributed by atoms with Crippen LogP contribution in [-0.4, -0.2) is 62.2 Å². The largest absolute Gasteiger partial charge is 0.741 e. The van der Waals surface area contributed by atoms with Crippen LogP contribution in [0.4, 0.5) is 13.2 Å². The maximum atomic E-state index is 10.7. The fraction of sp³-hybridized carbons (Fsp3) is 0.762. The maximum absolute atomic E-state index is 10.7. The molecule has 0 spiro atoms. The summed E-state index contributed by atoms with van der Waals surface area (Å²) < 4.78 is 82.6. The van der Waals surface area contributed by atoms with Gasteiger partial charge in [-0.3, -0.25) is 0 Å². The summed E-state index contributed by atoms with van der Waals surface area (Å²) in [5, 5.41) is 0.165. The van der Waals surface area contributed by atoms with Crippen LogP contribution in [0, 0.1) is 19.4 Å². The molecule has 0 saturated carbocycles. The van der Waals surface area contributed by atoms with Gasteiger partial charge in [0.2, 0.25) is 12.5 Å². The average Bonchev–Trinajstić information content (AvgIpc) is 3.15. The molecule has 0 bridgehead atoms. The number of nitrogens with zero attached hydrogens (tertiary/aromatic N) is 2. The van der Waals surface area contributed by atoms with Crippen LogP contribution in [0.1, 0.15) is 46.6 Å². The van der Waals surface area contributed by atoms with Crippen LogP contribution in [-0.2, 0) is 19.3 Å². The summed E-state index contributed by atoms with van der Waals surface area (Å²) in [5.41, 5.74) is -4.76. The number of aromatic nitrogens is 2. The molecule has 35 heavy (non-hydrogen) atoms. The third-order valence-corrected chi connectivity index (χ3v) is 11.5. The first-order chi connectivity index (χ1) is 15.8. The van der Waals surface area contributed by atoms with Crippen molar-refractivity contribution in [1.29, 1.82) is 0 Å². The number of alkyl halides is 3. The van der Waals surface area contributed by atoms with E-state index in [-0.39, 0.29) is 17.2 Å². The summed E-state index contributed by atoms with van der Waals surface area (Å²) >= 11 is 0. The summed E-state index contributed by atoms with van der Waals surface area (Å²) in [6.07, 6.45) is 2.10. The molecule has 0 N–H and O–H groups in total. The van der Waals surface area contributed by atoms with E-state index in [1.165, 1.54) is 0 Å². The molecule has 1 aliphatic rings. The molecule has 0 radical (unpaired) electrons. The zero-order chi connectivity index (χ0) is 27.2. The molecule has 0 unspecified atom stereocenters. The maximum Gasteiger partial charge on any atom is 0.485 e. The van der Waals surface area contributed by atoms with Gasteiger partial charge in [0.15, 0.2) is 37.1 Å². The second-order valence-electron chi connectivity index (χ2n) is 9.40. The predicted octanol–water partition coefficient (Wildman–Crippen LogP) is 4.59. The van der Waals surface area contributed by atoms with Crippen molar-refractivity contribution in [2.45, 2.75) is 83.8 Å². The normalized spacial score (nSPS) is 19.1. The third kappa shape index (κ3) is 8.77. The molecule has 1 aromatic rings. The van der Waals surface area contributed by atoms with Gasteiger partial charge in [-0.15, -0.1) is 0 Å². The van der Waals surface area contributed by atoms with Gasteiger partial charge in [-0.25, -0.2) is 13.4 Å². The average molecular weight is 545 g/mol. The molecule has 1 aromatic heterocycles. The molecule has 1 fully saturated rings. The molecule has 2 rings (SSSR count). The second kappa shape index (κ2) is 12.1. The Morgan fingerprint density at radius 3 is 2.37 bits per heavy atom. The standard InChI is InChI=1S/C20H35N2O4Si.CHF3O3S/c1-9-23-18-15(4)12-21-19(22-18)26-16-10-11-24-17(16)13-25-27(7,8)20(5,6)14(2)3;2-1(3,4)8(5,6)7/h11-12,14,16-17H,9-10,13H2,1-8H3;(H,5,6,7)/q+1;/p-1/t16-,17-;/m1./s1. The third-order valence-electron chi connectivity index (χ3n) is 6.34. The molecule has 2 heterocycles. The van der Waals surface area contributed by atoms with E-state index in [0.29, 0.717) is 37.4 Å². The molecule has 202 valence electrons. The Morgan fingerprint density at radius 2 is 1.89 bits per heavy atom. The van der Waals surface area contributed by atoms with E-state index >= 15 is 0 Å². The second-order valence-corrected chi connectivity index (χ2v) is 15.4. The Labute approximate surface area is 206 Å². The van der Waals surface area contributed by atoms with Gasteiger partial charge < -0.3 is 18.5 Å². The zero-order valence-corrected chi connectivity index (χ0v) is 23.1. The van der Waals surface area contributed by atoms with E-state index in [2.05, 4.69) is 50.8 Å². The minimum absolute atomic E-state index is 0.153. The number of ether oxygens (including phenoxy) is 3. The number of rotatable bonds is 9. The lowest BCUT2D eigenvalue weighted by molar-refractivity contribution is -0.0517. The lowest BCUT2D eigenvalue weighted by atomic mass is 9.99. The van der Waals surface area contributed by atoms with Gasteiger partial charge in [0, 0.05) is 11.8 Å². The van der Waals surface area contributed by atoms with Gasteiger partial charge in [0.05, 0.1) is 13.2 Å². The number of aryl methyl sites for hydroxylation is 1. The smallest absolute Gasteiger partial charge is 0.485 e. The van der Waals surface area contributed by atoms with Crippen molar-refractivity contribution < 1.29 is 44.8 Å². The monoisotopic (exact) mass is 544 g/mol. The van der Waals surface area contributed by atoms with Crippen molar-refractivity contribution in [3.8, 4) is 11.9 Å². The van der Waals surface area contributed by atoms with Crippen molar-refractivity contribution in [1.82, 2.24) is 9.97 Å². The Balaban J connectivity index is 0.000000658. The van der Waals surface area contributed by atoms with Crippen molar-refractivity contribution in [2.75, 3.05) is 13.2 Å². The van der Waals surface area contributed by atoms with Crippen LogP contribution in [0.2, 0.25) is 18.1 Å². The van der Waals surface area contributed by atoms with Crippen LogP contribution in [0.15, 0.2) is 6.20 Å². The number of hydrogen-bond donors (Lipinski definition) is 0. The molecule has 0 aliphatic carbocycles. The molecule has 2 atom stereocenters. The van der Waals surface area contributed by atoms with E-state index in [1.807, 2.05) is 13.8 Å². The van der Waals surface area contributed by atoms with Crippen LogP contribution >= 0.6 is 0 Å². The predicted molar refractivity (Wildman–Crippen MR) is 124 cm³/mol. The highest BCUT2D eigenvalue weighted by Crippen LogP contribution is 2.44. The van der Waals surface area contributed by atoms with Gasteiger partial charge in [0.25, 0.3) is 0 Å². The zero-order valence-electron chi connectivity index (χ0n) is 21.3. The van der Waals surface area contributed by atoms with Gasteiger partial charge in [-0.2, -0.15) is 22.9 Å². The Morgan fingerprint density at radius 1 is 1.31 bits per heavy atom. The summed E-state index contributed by atoms with van der Waals surface area (Å²) in [4.78, 5) is 8.65. The van der Waals surface area contributed by atoms with Crippen molar-refractivity contribution in [3.63, 3.8) is 0 Å². The Kier molecular flexibility index (Phi) is 10.8. The van der Waals surface area contributed by atoms with Gasteiger partial charge in [-0.1, -0.05) is 27.7 Å². The van der Waals surface area contributed by atoms with Crippen LogP contribution < -0.4 is 9.47 Å². The highest BCUT2D eigenvalue weighted by Gasteiger charge is 2.46. The van der Waals surface area contributed by atoms with Crippen LogP contribution in [0.3, 0.4) is 0 Å². The van der Waals surface area contributed by atoms with Crippen molar-refractivity contribution in [2.24, 2.45) is 5.92 Å². The molecule has 9 nitrogen and oxygen atoms in total.